The van der Waals surface area contributed by atoms with E-state index < -0.39 is 21.2 Å². The molecule has 0 aromatic carbocycles. The molecule has 0 saturated heterocycles. The maximum absolute atomic E-state index is 9.72. The first-order chi connectivity index (χ1) is 5.83. The minimum Gasteiger partial charge on any atom is -0.772 e. The van der Waals surface area contributed by atoms with Gasteiger partial charge in [0, 0.05) is 5.75 Å². The fourth-order valence-corrected chi connectivity index (χ4v) is 0.735. The molecule has 0 saturated carbocycles. The number of hydrogen-bond donors (Lipinski definition) is 1. The molecule has 13 heavy (non-hydrogen) atoms. The topological polar surface area (TPSA) is 94.5 Å². The minimum absolute atomic E-state index is 0.0556. The summed E-state index contributed by atoms with van der Waals surface area (Å²) >= 11 is -1.93. The molecule has 0 aromatic heterocycles. The summed E-state index contributed by atoms with van der Waals surface area (Å²) in [6.07, 6.45) is 2.46. The molecule has 1 atom stereocenters. The Kier molecular flexibility index (Phi) is 9.36. The standard InChI is InChI=1S/C3H6O3S.C3H6O2S/c1-2-3-7(4,5)6;1-2-3-6(4)5/h2H,1,3H2,(H,4,5,6);2H,1,3H2,(H,4,5)/p-1. The highest BCUT2D eigenvalue weighted by molar-refractivity contribution is 7.85. The molecule has 1 N–H and O–H groups in total. The van der Waals surface area contributed by atoms with Crippen molar-refractivity contribution in [3.63, 3.8) is 0 Å². The molecule has 0 spiro atoms. The van der Waals surface area contributed by atoms with Gasteiger partial charge in [-0.1, -0.05) is 23.2 Å². The lowest BCUT2D eigenvalue weighted by atomic mass is 10.8. The first-order valence-electron chi connectivity index (χ1n) is 3.06. The molecule has 7 heteroatoms. The molecular formula is C6H11O5S2-. The average molecular weight is 227 g/mol. The van der Waals surface area contributed by atoms with Crippen molar-refractivity contribution in [2.75, 3.05) is 11.5 Å². The fraction of sp³-hybridized carbons (Fsp3) is 0.333. The maximum atomic E-state index is 9.72. The molecule has 0 fully saturated rings. The Labute approximate surface area is 80.2 Å². The molecule has 0 amide bonds. The third-order valence-corrected chi connectivity index (χ3v) is 1.75. The largest absolute Gasteiger partial charge is 0.772 e. The molecule has 1 unspecified atom stereocenters. The van der Waals surface area contributed by atoms with Gasteiger partial charge in [-0.05, 0) is 0 Å². The molecule has 0 radical (unpaired) electrons. The van der Waals surface area contributed by atoms with E-state index >= 15 is 0 Å². The summed E-state index contributed by atoms with van der Waals surface area (Å²) in [5.74, 6) is -0.312. The monoisotopic (exact) mass is 227 g/mol. The quantitative estimate of drug-likeness (QED) is 0.418. The molecule has 78 valence electrons. The van der Waals surface area contributed by atoms with Gasteiger partial charge in [-0.3, -0.25) is 8.76 Å². The molecule has 0 bridgehead atoms. The summed E-state index contributed by atoms with van der Waals surface area (Å²) in [4.78, 5) is 0. The predicted molar refractivity (Wildman–Crippen MR) is 50.6 cm³/mol. The van der Waals surface area contributed by atoms with Crippen molar-refractivity contribution in [1.82, 2.24) is 0 Å². The van der Waals surface area contributed by atoms with E-state index in [-0.39, 0.29) is 11.5 Å². The highest BCUT2D eigenvalue weighted by atomic mass is 32.2. The Morgan fingerprint density at radius 1 is 1.38 bits per heavy atom. The number of hydrogen-bond acceptors (Lipinski definition) is 4. The molecule has 0 rings (SSSR count). The van der Waals surface area contributed by atoms with Crippen LogP contribution in [0.15, 0.2) is 25.3 Å². The third kappa shape index (κ3) is 24.6. The average Bonchev–Trinajstić information content (AvgIpc) is 1.84. The summed E-state index contributed by atoms with van der Waals surface area (Å²) in [6, 6.07) is 0. The SMILES string of the molecule is C=CCS(=O)(=O)O.C=CCS(=O)[O-]. The first kappa shape index (κ1) is 15.0. The summed E-state index contributed by atoms with van der Waals surface area (Å²) in [7, 11) is -3.79. The van der Waals surface area contributed by atoms with Gasteiger partial charge in [0.1, 0.15) is 0 Å². The van der Waals surface area contributed by atoms with Gasteiger partial charge in [0.15, 0.2) is 0 Å². The van der Waals surface area contributed by atoms with Crippen LogP contribution in [0, 0.1) is 0 Å². The summed E-state index contributed by atoms with van der Waals surface area (Å²) in [5, 5.41) is 0. The minimum atomic E-state index is -3.79. The van der Waals surface area contributed by atoms with Crippen molar-refractivity contribution >= 4 is 21.2 Å². The lowest BCUT2D eigenvalue weighted by Crippen LogP contribution is -1.99. The summed E-state index contributed by atoms with van der Waals surface area (Å²) < 4.78 is 46.4. The van der Waals surface area contributed by atoms with Gasteiger partial charge >= 0.3 is 0 Å². The van der Waals surface area contributed by atoms with E-state index in [9.17, 15) is 17.2 Å². The smallest absolute Gasteiger partial charge is 0.268 e. The van der Waals surface area contributed by atoms with Crippen molar-refractivity contribution in [2.24, 2.45) is 0 Å². The van der Waals surface area contributed by atoms with Crippen molar-refractivity contribution in [3.8, 4) is 0 Å². The van der Waals surface area contributed by atoms with Gasteiger partial charge in [-0.15, -0.1) is 13.2 Å². The van der Waals surface area contributed by atoms with Crippen molar-refractivity contribution < 1.29 is 21.7 Å². The molecule has 0 heterocycles. The zero-order chi connectivity index (χ0) is 10.9. The normalized spacial score (nSPS) is 12.2. The number of rotatable bonds is 4. The van der Waals surface area contributed by atoms with Crippen LogP contribution in [0.3, 0.4) is 0 Å². The van der Waals surface area contributed by atoms with Crippen LogP contribution >= 0.6 is 0 Å². The van der Waals surface area contributed by atoms with E-state index in [2.05, 4.69) is 13.2 Å². The van der Waals surface area contributed by atoms with Gasteiger partial charge < -0.3 is 4.55 Å². The van der Waals surface area contributed by atoms with Crippen LogP contribution in [0.5, 0.6) is 0 Å². The Hall–Kier alpha value is -0.500. The Morgan fingerprint density at radius 3 is 1.85 bits per heavy atom. The summed E-state index contributed by atoms with van der Waals surface area (Å²) in [5.41, 5.74) is 0. The molecular weight excluding hydrogens is 216 g/mol. The van der Waals surface area contributed by atoms with Gasteiger partial charge in [0.05, 0.1) is 5.75 Å². The highest BCUT2D eigenvalue weighted by Crippen LogP contribution is 1.78. The van der Waals surface area contributed by atoms with E-state index in [1.165, 1.54) is 6.08 Å². The van der Waals surface area contributed by atoms with Crippen LogP contribution in [-0.4, -0.2) is 33.2 Å². The fourth-order valence-electron chi connectivity index (χ4n) is 0.245. The van der Waals surface area contributed by atoms with Crippen LogP contribution in [0.25, 0.3) is 0 Å². The second-order valence-corrected chi connectivity index (χ2v) is 4.23. The molecule has 5 nitrogen and oxygen atoms in total. The van der Waals surface area contributed by atoms with Crippen molar-refractivity contribution in [3.05, 3.63) is 25.3 Å². The third-order valence-electron chi connectivity index (χ3n) is 0.582. The van der Waals surface area contributed by atoms with E-state index in [1.807, 2.05) is 0 Å². The second kappa shape index (κ2) is 8.11. The molecule has 0 aromatic rings. The first-order valence-corrected chi connectivity index (χ1v) is 5.91. The van der Waals surface area contributed by atoms with Gasteiger partial charge in [0.25, 0.3) is 10.1 Å². The Morgan fingerprint density at radius 2 is 1.85 bits per heavy atom. The Bertz CT molecular complexity index is 267. The van der Waals surface area contributed by atoms with Crippen LogP contribution in [-0.2, 0) is 21.2 Å². The van der Waals surface area contributed by atoms with Gasteiger partial charge in [-0.25, -0.2) is 0 Å². The van der Waals surface area contributed by atoms with Crippen molar-refractivity contribution in [2.45, 2.75) is 0 Å². The van der Waals surface area contributed by atoms with E-state index in [4.69, 9.17) is 4.55 Å². The van der Waals surface area contributed by atoms with Gasteiger partial charge in [-0.2, -0.15) is 8.42 Å². The second-order valence-electron chi connectivity index (χ2n) is 1.80. The van der Waals surface area contributed by atoms with E-state index in [0.29, 0.717) is 0 Å². The van der Waals surface area contributed by atoms with Crippen molar-refractivity contribution in [1.29, 1.82) is 0 Å². The Balaban J connectivity index is 0. The van der Waals surface area contributed by atoms with Gasteiger partial charge in [0.2, 0.25) is 0 Å². The molecule has 0 aliphatic carbocycles. The molecule has 0 aliphatic heterocycles. The lowest BCUT2D eigenvalue weighted by Gasteiger charge is -1.94. The maximum Gasteiger partial charge on any atom is 0.268 e. The van der Waals surface area contributed by atoms with Crippen LogP contribution in [0.4, 0.5) is 0 Å². The van der Waals surface area contributed by atoms with Crippen LogP contribution in [0.1, 0.15) is 0 Å². The van der Waals surface area contributed by atoms with E-state index in [0.717, 1.165) is 6.08 Å². The highest BCUT2D eigenvalue weighted by Gasteiger charge is 1.95. The van der Waals surface area contributed by atoms with Crippen LogP contribution in [0.2, 0.25) is 0 Å². The molecule has 0 aliphatic rings. The predicted octanol–water partition coefficient (Wildman–Crippen LogP) is 0.112. The zero-order valence-electron chi connectivity index (χ0n) is 6.88. The van der Waals surface area contributed by atoms with Crippen LogP contribution < -0.4 is 0 Å². The zero-order valence-corrected chi connectivity index (χ0v) is 8.51. The lowest BCUT2D eigenvalue weighted by molar-refractivity contribution is 0.486. The van der Waals surface area contributed by atoms with E-state index in [1.54, 1.807) is 0 Å². The summed E-state index contributed by atoms with van der Waals surface area (Å²) in [6.45, 7) is 6.31.